The van der Waals surface area contributed by atoms with Crippen molar-refractivity contribution in [2.45, 2.75) is 38.6 Å². The van der Waals surface area contributed by atoms with E-state index in [4.69, 9.17) is 0 Å². The molecule has 0 saturated heterocycles. The van der Waals surface area contributed by atoms with E-state index in [1.807, 2.05) is 6.92 Å². The molecule has 1 saturated carbocycles. The molecule has 1 aliphatic carbocycles. The summed E-state index contributed by atoms with van der Waals surface area (Å²) < 4.78 is 27.3. The van der Waals surface area contributed by atoms with E-state index in [0.29, 0.717) is 6.54 Å². The van der Waals surface area contributed by atoms with E-state index in [9.17, 15) is 8.42 Å². The van der Waals surface area contributed by atoms with Crippen LogP contribution < -0.4 is 5.32 Å². The van der Waals surface area contributed by atoms with Gasteiger partial charge in [0, 0.05) is 26.7 Å². The van der Waals surface area contributed by atoms with Crippen LogP contribution >= 0.6 is 0 Å². The van der Waals surface area contributed by atoms with Crippen molar-refractivity contribution in [3.63, 3.8) is 0 Å². The Balaban J connectivity index is 2.39. The van der Waals surface area contributed by atoms with Gasteiger partial charge in [0.1, 0.15) is 0 Å². The fraction of sp³-hybridized carbons (Fsp3) is 1.00. The van der Waals surface area contributed by atoms with Gasteiger partial charge in [-0.3, -0.25) is 0 Å². The zero-order chi connectivity index (χ0) is 12.9. The molecule has 0 amide bonds. The predicted molar refractivity (Wildman–Crippen MR) is 70.1 cm³/mol. The number of nitrogens with zero attached hydrogens (tertiary/aromatic N) is 2. The normalized spacial score (nSPS) is 17.7. The van der Waals surface area contributed by atoms with Crippen molar-refractivity contribution in [1.29, 1.82) is 0 Å². The van der Waals surface area contributed by atoms with Crippen LogP contribution in [0.3, 0.4) is 0 Å². The molecule has 5 nitrogen and oxygen atoms in total. The van der Waals surface area contributed by atoms with Gasteiger partial charge >= 0.3 is 0 Å². The van der Waals surface area contributed by atoms with Crippen LogP contribution in [0.5, 0.6) is 0 Å². The highest BCUT2D eigenvalue weighted by Crippen LogP contribution is 2.26. The van der Waals surface area contributed by atoms with Crippen LogP contribution in [0.4, 0.5) is 0 Å². The van der Waals surface area contributed by atoms with E-state index < -0.39 is 10.2 Å². The average Bonchev–Trinajstić information content (AvgIpc) is 2.21. The molecule has 0 aliphatic heterocycles. The van der Waals surface area contributed by atoms with Crippen molar-refractivity contribution in [3.8, 4) is 0 Å². The summed E-state index contributed by atoms with van der Waals surface area (Å²) in [5.74, 6) is 0. The van der Waals surface area contributed by atoms with Crippen molar-refractivity contribution >= 4 is 10.2 Å². The second kappa shape index (κ2) is 6.68. The Labute approximate surface area is 105 Å². The van der Waals surface area contributed by atoms with Gasteiger partial charge in [-0.25, -0.2) is 0 Å². The van der Waals surface area contributed by atoms with Crippen molar-refractivity contribution in [2.75, 3.05) is 33.7 Å². The van der Waals surface area contributed by atoms with Crippen LogP contribution in [-0.4, -0.2) is 56.8 Å². The first-order chi connectivity index (χ1) is 8.00. The number of rotatable bonds is 8. The first-order valence-corrected chi connectivity index (χ1v) is 7.80. The minimum absolute atomic E-state index is 0.219. The van der Waals surface area contributed by atoms with Crippen molar-refractivity contribution < 1.29 is 8.42 Å². The highest BCUT2D eigenvalue weighted by molar-refractivity contribution is 7.86. The molecule has 6 heteroatoms. The van der Waals surface area contributed by atoms with Gasteiger partial charge in [-0.2, -0.15) is 17.0 Å². The van der Waals surface area contributed by atoms with E-state index in [2.05, 4.69) is 5.32 Å². The van der Waals surface area contributed by atoms with Crippen LogP contribution in [0, 0.1) is 0 Å². The highest BCUT2D eigenvalue weighted by atomic mass is 32.2. The average molecular weight is 263 g/mol. The number of nitrogens with one attached hydrogen (secondary N) is 1. The molecule has 0 bridgehead atoms. The molecule has 0 radical (unpaired) electrons. The Kier molecular flexibility index (Phi) is 5.85. The molecule has 1 fully saturated rings. The van der Waals surface area contributed by atoms with Gasteiger partial charge in [-0.1, -0.05) is 13.3 Å². The molecule has 0 unspecified atom stereocenters. The highest BCUT2D eigenvalue weighted by Gasteiger charge is 2.32. The molecule has 1 aliphatic rings. The maximum absolute atomic E-state index is 12.2. The quantitative estimate of drug-likeness (QED) is 0.654. The second-order valence-corrected chi connectivity index (χ2v) is 6.73. The summed E-state index contributed by atoms with van der Waals surface area (Å²) >= 11 is 0. The summed E-state index contributed by atoms with van der Waals surface area (Å²) in [4.78, 5) is 0. The van der Waals surface area contributed by atoms with E-state index >= 15 is 0 Å². The summed E-state index contributed by atoms with van der Waals surface area (Å²) in [6.45, 7) is 4.42. The summed E-state index contributed by atoms with van der Waals surface area (Å²) in [5, 5.41) is 3.19. The maximum Gasteiger partial charge on any atom is 0.281 e. The van der Waals surface area contributed by atoms with Crippen molar-refractivity contribution in [2.24, 2.45) is 0 Å². The third-order valence-electron chi connectivity index (χ3n) is 3.42. The SMILES string of the molecule is CCNCCCN(C)S(=O)(=O)N(C)C1CCC1. The Morgan fingerprint density at radius 2 is 1.94 bits per heavy atom. The van der Waals surface area contributed by atoms with Crippen LogP contribution in [0.2, 0.25) is 0 Å². The molecule has 0 aromatic carbocycles. The maximum atomic E-state index is 12.2. The van der Waals surface area contributed by atoms with Crippen molar-refractivity contribution in [3.05, 3.63) is 0 Å². The molecule has 102 valence electrons. The van der Waals surface area contributed by atoms with E-state index in [1.54, 1.807) is 14.1 Å². The lowest BCUT2D eigenvalue weighted by Crippen LogP contribution is -2.47. The third-order valence-corrected chi connectivity index (χ3v) is 5.42. The molecule has 0 atom stereocenters. The molecule has 1 rings (SSSR count). The summed E-state index contributed by atoms with van der Waals surface area (Å²) in [6, 6.07) is 0.219. The third kappa shape index (κ3) is 3.91. The Morgan fingerprint density at radius 3 is 2.41 bits per heavy atom. The van der Waals surface area contributed by atoms with Crippen LogP contribution in [0.25, 0.3) is 0 Å². The Bertz CT molecular complexity index is 315. The molecule has 0 aromatic heterocycles. The number of hydrogen-bond acceptors (Lipinski definition) is 3. The first-order valence-electron chi connectivity index (χ1n) is 6.40. The largest absolute Gasteiger partial charge is 0.317 e. The summed E-state index contributed by atoms with van der Waals surface area (Å²) in [7, 11) is 0.110. The molecule has 0 heterocycles. The fourth-order valence-electron chi connectivity index (χ4n) is 1.88. The Hall–Kier alpha value is -0.170. The zero-order valence-electron chi connectivity index (χ0n) is 11.1. The van der Waals surface area contributed by atoms with Gasteiger partial charge in [-0.15, -0.1) is 0 Å². The molecule has 1 N–H and O–H groups in total. The van der Waals surface area contributed by atoms with Crippen molar-refractivity contribution in [1.82, 2.24) is 13.9 Å². The van der Waals surface area contributed by atoms with E-state index in [0.717, 1.165) is 38.8 Å². The fourth-order valence-corrected chi connectivity index (χ4v) is 3.26. The van der Waals surface area contributed by atoms with Crippen LogP contribution in [0.1, 0.15) is 32.6 Å². The topological polar surface area (TPSA) is 52.7 Å². The lowest BCUT2D eigenvalue weighted by molar-refractivity contribution is 0.236. The predicted octanol–water partition coefficient (Wildman–Crippen LogP) is 0.647. The van der Waals surface area contributed by atoms with Crippen LogP contribution in [0.15, 0.2) is 0 Å². The lowest BCUT2D eigenvalue weighted by Gasteiger charge is -2.36. The molecular weight excluding hydrogens is 238 g/mol. The van der Waals surface area contributed by atoms with Gasteiger partial charge in [0.25, 0.3) is 10.2 Å². The smallest absolute Gasteiger partial charge is 0.281 e. The van der Waals surface area contributed by atoms with Gasteiger partial charge in [-0.05, 0) is 32.4 Å². The molecule has 0 aromatic rings. The minimum Gasteiger partial charge on any atom is -0.317 e. The standard InChI is InChI=1S/C11H25N3O2S/c1-4-12-9-6-10-13(2)17(15,16)14(3)11-7-5-8-11/h11-12H,4-10H2,1-3H3. The first kappa shape index (κ1) is 14.9. The monoisotopic (exact) mass is 263 g/mol. The zero-order valence-corrected chi connectivity index (χ0v) is 12.0. The molecule has 0 spiro atoms. The molecular formula is C11H25N3O2S. The molecule has 17 heavy (non-hydrogen) atoms. The van der Waals surface area contributed by atoms with E-state index in [1.165, 1.54) is 8.61 Å². The second-order valence-electron chi connectivity index (χ2n) is 4.64. The Morgan fingerprint density at radius 1 is 1.29 bits per heavy atom. The lowest BCUT2D eigenvalue weighted by atomic mass is 9.94. The van der Waals surface area contributed by atoms with Gasteiger partial charge in [0.05, 0.1) is 0 Å². The minimum atomic E-state index is -3.25. The summed E-state index contributed by atoms with van der Waals surface area (Å²) in [5.41, 5.74) is 0. The number of hydrogen-bond donors (Lipinski definition) is 1. The van der Waals surface area contributed by atoms with Crippen LogP contribution in [-0.2, 0) is 10.2 Å². The van der Waals surface area contributed by atoms with Gasteiger partial charge in [0.15, 0.2) is 0 Å². The van der Waals surface area contributed by atoms with Gasteiger partial charge in [0.2, 0.25) is 0 Å². The summed E-state index contributed by atoms with van der Waals surface area (Å²) in [6.07, 6.45) is 4.00. The van der Waals surface area contributed by atoms with Gasteiger partial charge < -0.3 is 5.32 Å². The van der Waals surface area contributed by atoms with E-state index in [-0.39, 0.29) is 6.04 Å².